The van der Waals surface area contributed by atoms with Crippen LogP contribution in [0.2, 0.25) is 0 Å². The summed E-state index contributed by atoms with van der Waals surface area (Å²) in [5.74, 6) is 3.59. The van der Waals surface area contributed by atoms with E-state index in [-0.39, 0.29) is 0 Å². The van der Waals surface area contributed by atoms with E-state index in [0.29, 0.717) is 6.04 Å². The Morgan fingerprint density at radius 1 is 1.67 bits per heavy atom. The predicted octanol–water partition coefficient (Wildman–Crippen LogP) is 1.28. The van der Waals surface area contributed by atoms with E-state index in [0.717, 1.165) is 25.3 Å². The third-order valence-electron chi connectivity index (χ3n) is 2.61. The van der Waals surface area contributed by atoms with E-state index in [4.69, 9.17) is 0 Å². The maximum absolute atomic E-state index is 4.28. The van der Waals surface area contributed by atoms with Crippen LogP contribution in [0.1, 0.15) is 25.6 Å². The lowest BCUT2D eigenvalue weighted by Crippen LogP contribution is -2.29. The van der Waals surface area contributed by atoms with Crippen LogP contribution in [0, 0.1) is 0 Å². The maximum Gasteiger partial charge on any atom is 0.140 e. The molecule has 1 saturated heterocycles. The smallest absolute Gasteiger partial charge is 0.140 e. The molecule has 1 N–H and O–H groups in total. The van der Waals surface area contributed by atoms with Gasteiger partial charge in [0.05, 0.1) is 6.54 Å². The minimum atomic E-state index is 0.668. The summed E-state index contributed by atoms with van der Waals surface area (Å²) in [5.41, 5.74) is 0. The summed E-state index contributed by atoms with van der Waals surface area (Å²) in [6.45, 7) is 3.98. The highest BCUT2D eigenvalue weighted by molar-refractivity contribution is 7.99. The topological polar surface area (TPSA) is 42.7 Å². The molecule has 84 valence electrons. The molecule has 0 amide bonds. The van der Waals surface area contributed by atoms with Gasteiger partial charge in [-0.05, 0) is 18.6 Å². The van der Waals surface area contributed by atoms with Gasteiger partial charge >= 0.3 is 0 Å². The summed E-state index contributed by atoms with van der Waals surface area (Å²) >= 11 is 2.03. The van der Waals surface area contributed by atoms with Crippen LogP contribution in [-0.2, 0) is 13.1 Å². The Morgan fingerprint density at radius 2 is 2.60 bits per heavy atom. The van der Waals surface area contributed by atoms with Gasteiger partial charge in [-0.25, -0.2) is 9.67 Å². The van der Waals surface area contributed by atoms with Gasteiger partial charge in [0.15, 0.2) is 0 Å². The molecule has 0 saturated carbocycles. The molecule has 2 heterocycles. The highest BCUT2D eigenvalue weighted by Crippen LogP contribution is 2.17. The summed E-state index contributed by atoms with van der Waals surface area (Å²) in [6.07, 6.45) is 4.04. The quantitative estimate of drug-likeness (QED) is 0.821. The van der Waals surface area contributed by atoms with Crippen LogP contribution in [0.5, 0.6) is 0 Å². The monoisotopic (exact) mass is 226 g/mol. The van der Waals surface area contributed by atoms with Crippen molar-refractivity contribution in [3.8, 4) is 0 Å². The van der Waals surface area contributed by atoms with Crippen LogP contribution in [-0.4, -0.2) is 32.3 Å². The van der Waals surface area contributed by atoms with Gasteiger partial charge in [0.25, 0.3) is 0 Å². The number of rotatable bonds is 5. The van der Waals surface area contributed by atoms with E-state index < -0.39 is 0 Å². The van der Waals surface area contributed by atoms with Gasteiger partial charge in [0, 0.05) is 18.3 Å². The Bertz CT molecular complexity index is 293. The molecule has 5 heteroatoms. The number of aromatic nitrogens is 3. The molecule has 1 atom stereocenters. The number of hydrogen-bond acceptors (Lipinski definition) is 4. The summed E-state index contributed by atoms with van der Waals surface area (Å²) in [7, 11) is 0. The van der Waals surface area contributed by atoms with E-state index >= 15 is 0 Å². The third-order valence-corrected chi connectivity index (χ3v) is 3.77. The van der Waals surface area contributed by atoms with Crippen LogP contribution < -0.4 is 5.32 Å². The average molecular weight is 226 g/mol. The van der Waals surface area contributed by atoms with Crippen molar-refractivity contribution in [2.45, 2.75) is 38.9 Å². The molecular weight excluding hydrogens is 208 g/mol. The third kappa shape index (κ3) is 2.95. The standard InChI is InChI=1S/C10H18N4S/c1-2-4-14-10(12-8-13-14)6-11-9-3-5-15-7-9/h8-9,11H,2-7H2,1H3. The fraction of sp³-hybridized carbons (Fsp3) is 0.800. The minimum Gasteiger partial charge on any atom is -0.306 e. The van der Waals surface area contributed by atoms with Gasteiger partial charge in [-0.15, -0.1) is 0 Å². The summed E-state index contributed by atoms with van der Waals surface area (Å²) < 4.78 is 2.00. The Labute approximate surface area is 94.8 Å². The van der Waals surface area contributed by atoms with Gasteiger partial charge < -0.3 is 5.32 Å². The second-order valence-corrected chi connectivity index (χ2v) is 4.99. The first-order valence-electron chi connectivity index (χ1n) is 5.58. The highest BCUT2D eigenvalue weighted by Gasteiger charge is 2.15. The largest absolute Gasteiger partial charge is 0.306 e. The molecule has 15 heavy (non-hydrogen) atoms. The Balaban J connectivity index is 1.83. The Hall–Kier alpha value is -0.550. The molecule has 1 aliphatic heterocycles. The summed E-state index contributed by atoms with van der Waals surface area (Å²) in [5, 5.41) is 7.75. The molecule has 0 radical (unpaired) electrons. The van der Waals surface area contributed by atoms with E-state index in [2.05, 4.69) is 22.3 Å². The SMILES string of the molecule is CCCn1ncnc1CNC1CCSC1. The molecule has 4 nitrogen and oxygen atoms in total. The first-order chi connectivity index (χ1) is 7.40. The second kappa shape index (κ2) is 5.51. The lowest BCUT2D eigenvalue weighted by atomic mass is 10.2. The van der Waals surface area contributed by atoms with Gasteiger partial charge in [0.2, 0.25) is 0 Å². The first kappa shape index (κ1) is 11.0. The molecular formula is C10H18N4S. The number of nitrogens with zero attached hydrogens (tertiary/aromatic N) is 3. The lowest BCUT2D eigenvalue weighted by molar-refractivity contribution is 0.503. The Morgan fingerprint density at radius 3 is 3.33 bits per heavy atom. The molecule has 1 aromatic rings. The predicted molar refractivity (Wildman–Crippen MR) is 62.9 cm³/mol. The van der Waals surface area contributed by atoms with E-state index in [1.54, 1.807) is 6.33 Å². The van der Waals surface area contributed by atoms with Crippen LogP contribution in [0.15, 0.2) is 6.33 Å². The van der Waals surface area contributed by atoms with Crippen molar-refractivity contribution in [1.29, 1.82) is 0 Å². The molecule has 1 aliphatic rings. The molecule has 0 aromatic carbocycles. The molecule has 0 spiro atoms. The zero-order valence-electron chi connectivity index (χ0n) is 9.15. The van der Waals surface area contributed by atoms with E-state index in [1.807, 2.05) is 16.4 Å². The number of hydrogen-bond donors (Lipinski definition) is 1. The Kier molecular flexibility index (Phi) is 4.02. The zero-order valence-corrected chi connectivity index (χ0v) is 9.96. The summed E-state index contributed by atoms with van der Waals surface area (Å²) in [4.78, 5) is 4.28. The minimum absolute atomic E-state index is 0.668. The van der Waals surface area contributed by atoms with Crippen molar-refractivity contribution in [2.75, 3.05) is 11.5 Å². The van der Waals surface area contributed by atoms with Crippen LogP contribution in [0.3, 0.4) is 0 Å². The van der Waals surface area contributed by atoms with Crippen LogP contribution in [0.4, 0.5) is 0 Å². The molecule has 1 unspecified atom stereocenters. The van der Waals surface area contributed by atoms with Gasteiger partial charge in [-0.3, -0.25) is 0 Å². The first-order valence-corrected chi connectivity index (χ1v) is 6.73. The molecule has 0 aliphatic carbocycles. The number of thioether (sulfide) groups is 1. The highest BCUT2D eigenvalue weighted by atomic mass is 32.2. The van der Waals surface area contributed by atoms with Gasteiger partial charge in [-0.1, -0.05) is 6.92 Å². The molecule has 1 aromatic heterocycles. The zero-order chi connectivity index (χ0) is 10.5. The fourth-order valence-corrected chi connectivity index (χ4v) is 2.94. The second-order valence-electron chi connectivity index (χ2n) is 3.84. The molecule has 0 bridgehead atoms. The van der Waals surface area contributed by atoms with Crippen molar-refractivity contribution in [3.63, 3.8) is 0 Å². The van der Waals surface area contributed by atoms with Crippen LogP contribution in [0.25, 0.3) is 0 Å². The van der Waals surface area contributed by atoms with Crippen molar-refractivity contribution in [2.24, 2.45) is 0 Å². The number of nitrogens with one attached hydrogen (secondary N) is 1. The normalized spacial score (nSPS) is 21.0. The van der Waals surface area contributed by atoms with Crippen molar-refractivity contribution in [1.82, 2.24) is 20.1 Å². The van der Waals surface area contributed by atoms with E-state index in [9.17, 15) is 0 Å². The average Bonchev–Trinajstić information content (AvgIpc) is 2.85. The summed E-state index contributed by atoms with van der Waals surface area (Å²) in [6, 6.07) is 0.668. The van der Waals surface area contributed by atoms with Gasteiger partial charge in [0.1, 0.15) is 12.2 Å². The van der Waals surface area contributed by atoms with Crippen molar-refractivity contribution >= 4 is 11.8 Å². The van der Waals surface area contributed by atoms with Gasteiger partial charge in [-0.2, -0.15) is 16.9 Å². The maximum atomic E-state index is 4.28. The fourth-order valence-electron chi connectivity index (χ4n) is 1.75. The molecule has 1 fully saturated rings. The van der Waals surface area contributed by atoms with Crippen LogP contribution >= 0.6 is 11.8 Å². The van der Waals surface area contributed by atoms with E-state index in [1.165, 1.54) is 17.9 Å². The van der Waals surface area contributed by atoms with Crippen molar-refractivity contribution in [3.05, 3.63) is 12.2 Å². The number of aryl methyl sites for hydroxylation is 1. The molecule has 2 rings (SSSR count). The lowest BCUT2D eigenvalue weighted by Gasteiger charge is -2.11. The van der Waals surface area contributed by atoms with Crippen molar-refractivity contribution < 1.29 is 0 Å².